The fraction of sp³-hybridized carbons (Fsp3) is 0.667. The van der Waals surface area contributed by atoms with E-state index in [0.717, 1.165) is 24.0 Å². The highest BCUT2D eigenvalue weighted by Gasteiger charge is 2.74. The van der Waals surface area contributed by atoms with Gasteiger partial charge in [-0.15, -0.1) is 6.58 Å². The summed E-state index contributed by atoms with van der Waals surface area (Å²) >= 11 is 0. The molecule has 2 fully saturated rings. The van der Waals surface area contributed by atoms with Crippen molar-refractivity contribution < 1.29 is 14.9 Å². The number of allylic oxidation sites excluding steroid dienone is 1. The molecule has 1 saturated carbocycles. The van der Waals surface area contributed by atoms with Gasteiger partial charge in [-0.2, -0.15) is 0 Å². The van der Waals surface area contributed by atoms with Gasteiger partial charge in [-0.3, -0.25) is 4.57 Å². The van der Waals surface area contributed by atoms with Crippen LogP contribution in [0.1, 0.15) is 68.4 Å². The Hall–Kier alpha value is -1.42. The molecule has 0 radical (unpaired) electrons. The molecule has 1 aromatic rings. The maximum absolute atomic E-state index is 10.5. The van der Waals surface area contributed by atoms with E-state index in [4.69, 9.17) is 4.74 Å². The van der Waals surface area contributed by atoms with Crippen molar-refractivity contribution in [3.8, 4) is 11.8 Å². The summed E-state index contributed by atoms with van der Waals surface area (Å²) in [5, 5.41) is 21.0. The second-order valence-electron chi connectivity index (χ2n) is 7.07. The molecule has 2 N–H and O–H groups in total. The molecule has 2 bridgehead atoms. The van der Waals surface area contributed by atoms with Gasteiger partial charge in [0.2, 0.25) is 0 Å². The third kappa shape index (κ3) is 1.62. The molecule has 4 heteroatoms. The Balaban J connectivity index is 1.61. The van der Waals surface area contributed by atoms with Crippen molar-refractivity contribution in [2.45, 2.75) is 75.5 Å². The van der Waals surface area contributed by atoms with Gasteiger partial charge in [0.25, 0.3) is 0 Å². The predicted octanol–water partition coefficient (Wildman–Crippen LogP) is 3.78. The summed E-state index contributed by atoms with van der Waals surface area (Å²) in [5.74, 6) is 0.969. The highest BCUT2D eigenvalue weighted by atomic mass is 16.6. The second-order valence-corrected chi connectivity index (χ2v) is 7.07. The maximum atomic E-state index is 10.5. The molecule has 1 aromatic heterocycles. The summed E-state index contributed by atoms with van der Waals surface area (Å²) in [7, 11) is 0. The minimum atomic E-state index is -0.0459. The van der Waals surface area contributed by atoms with Crippen LogP contribution in [0.5, 0.6) is 11.8 Å². The molecule has 120 valence electrons. The molecular weight excluding hydrogens is 278 g/mol. The molecule has 0 spiro atoms. The number of fused-ring (bicyclic) bond motifs is 8. The number of hydrogen-bond donors (Lipinski definition) is 2. The van der Waals surface area contributed by atoms with Crippen LogP contribution in [0.15, 0.2) is 12.7 Å². The lowest BCUT2D eigenvalue weighted by atomic mass is 9.82. The number of aromatic nitrogens is 1. The molecule has 1 saturated heterocycles. The van der Waals surface area contributed by atoms with Crippen LogP contribution < -0.4 is 0 Å². The Labute approximate surface area is 131 Å². The molecule has 4 unspecified atom stereocenters. The van der Waals surface area contributed by atoms with Gasteiger partial charge in [0.15, 0.2) is 11.8 Å². The van der Waals surface area contributed by atoms with E-state index in [-0.39, 0.29) is 35.3 Å². The molecule has 22 heavy (non-hydrogen) atoms. The summed E-state index contributed by atoms with van der Waals surface area (Å²) in [6.07, 6.45) is 9.06. The Morgan fingerprint density at radius 3 is 2.77 bits per heavy atom. The molecule has 4 rings (SSSR count). The molecule has 4 nitrogen and oxygen atoms in total. The first kappa shape index (κ1) is 14.2. The van der Waals surface area contributed by atoms with Crippen molar-refractivity contribution >= 4 is 0 Å². The average molecular weight is 303 g/mol. The van der Waals surface area contributed by atoms with Gasteiger partial charge in [0.1, 0.15) is 5.60 Å². The van der Waals surface area contributed by atoms with Gasteiger partial charge < -0.3 is 14.9 Å². The largest absolute Gasteiger partial charge is 0.494 e. The van der Waals surface area contributed by atoms with Crippen LogP contribution in [0.2, 0.25) is 0 Å². The zero-order valence-corrected chi connectivity index (χ0v) is 13.2. The highest BCUT2D eigenvalue weighted by Crippen LogP contribution is 2.73. The number of hydrogen-bond acceptors (Lipinski definition) is 3. The monoisotopic (exact) mass is 303 g/mol. The van der Waals surface area contributed by atoms with Crippen LogP contribution in [0.3, 0.4) is 0 Å². The van der Waals surface area contributed by atoms with Gasteiger partial charge in [0.05, 0.1) is 6.10 Å². The minimum absolute atomic E-state index is 0.0459. The molecule has 2 aliphatic carbocycles. The number of nitrogens with zero attached hydrogens (tertiary/aromatic N) is 1. The number of ether oxygens (including phenoxy) is 1. The zero-order valence-electron chi connectivity index (χ0n) is 13.2. The summed E-state index contributed by atoms with van der Waals surface area (Å²) in [6.45, 7) is 6.37. The summed E-state index contributed by atoms with van der Waals surface area (Å²) < 4.78 is 7.68. The fourth-order valence-electron chi connectivity index (χ4n) is 4.96. The van der Waals surface area contributed by atoms with E-state index in [2.05, 4.69) is 13.5 Å². The Morgan fingerprint density at radius 1 is 1.27 bits per heavy atom. The van der Waals surface area contributed by atoms with E-state index < -0.39 is 0 Å². The van der Waals surface area contributed by atoms with Crippen LogP contribution >= 0.6 is 0 Å². The lowest BCUT2D eigenvalue weighted by Gasteiger charge is -2.19. The topological polar surface area (TPSA) is 57.9 Å². The van der Waals surface area contributed by atoms with Crippen molar-refractivity contribution in [3.63, 3.8) is 0 Å². The van der Waals surface area contributed by atoms with E-state index in [1.165, 1.54) is 25.7 Å². The molecule has 0 amide bonds. The summed E-state index contributed by atoms with van der Waals surface area (Å²) in [5.41, 5.74) is 1.85. The first-order valence-corrected chi connectivity index (χ1v) is 8.58. The summed E-state index contributed by atoms with van der Waals surface area (Å²) in [4.78, 5) is 0. The summed E-state index contributed by atoms with van der Waals surface area (Å²) in [6, 6.07) is 0. The normalized spacial score (nSPS) is 33.8. The van der Waals surface area contributed by atoms with Crippen molar-refractivity contribution in [1.82, 2.24) is 4.57 Å². The first-order chi connectivity index (χ1) is 10.7. The van der Waals surface area contributed by atoms with Gasteiger partial charge in [-0.05, 0) is 12.8 Å². The smallest absolute Gasteiger partial charge is 0.198 e. The number of rotatable bonds is 7. The standard InChI is InChI=1S/C18H25NO3/c1-3-5-6-7-8-18-12-10-11(15(18)22-18)13-14(12)17(21)19(9-4-2)16(13)20/h4,11-12,15,20-21H,2-3,5-10H2,1H3. The van der Waals surface area contributed by atoms with Crippen molar-refractivity contribution in [3.05, 3.63) is 23.8 Å². The van der Waals surface area contributed by atoms with Crippen LogP contribution in [-0.4, -0.2) is 26.5 Å². The second kappa shape index (κ2) is 4.79. The SMILES string of the molecule is C=CCn1c(O)c2c(c1O)C1CC2C2OC12CCCCCC. The molecule has 0 aromatic carbocycles. The minimum Gasteiger partial charge on any atom is -0.494 e. The maximum Gasteiger partial charge on any atom is 0.198 e. The Morgan fingerprint density at radius 2 is 2.05 bits per heavy atom. The van der Waals surface area contributed by atoms with Gasteiger partial charge >= 0.3 is 0 Å². The van der Waals surface area contributed by atoms with Crippen LogP contribution in [0.25, 0.3) is 0 Å². The van der Waals surface area contributed by atoms with Crippen LogP contribution in [-0.2, 0) is 11.3 Å². The third-order valence-electron chi connectivity index (χ3n) is 5.95. The first-order valence-electron chi connectivity index (χ1n) is 8.58. The Kier molecular flexibility index (Phi) is 3.09. The van der Waals surface area contributed by atoms with E-state index in [0.29, 0.717) is 6.54 Å². The lowest BCUT2D eigenvalue weighted by Crippen LogP contribution is -2.22. The molecule has 2 heterocycles. The Bertz CT molecular complexity index is 620. The van der Waals surface area contributed by atoms with E-state index in [9.17, 15) is 10.2 Å². The van der Waals surface area contributed by atoms with E-state index >= 15 is 0 Å². The number of epoxide rings is 1. The number of aromatic hydroxyl groups is 2. The van der Waals surface area contributed by atoms with Crippen molar-refractivity contribution in [2.75, 3.05) is 0 Å². The molecule has 3 aliphatic rings. The van der Waals surface area contributed by atoms with Crippen molar-refractivity contribution in [2.24, 2.45) is 0 Å². The molecular formula is C18H25NO3. The van der Waals surface area contributed by atoms with Gasteiger partial charge in [-0.25, -0.2) is 0 Å². The third-order valence-corrected chi connectivity index (χ3v) is 5.95. The van der Waals surface area contributed by atoms with Gasteiger partial charge in [-0.1, -0.05) is 38.7 Å². The lowest BCUT2D eigenvalue weighted by molar-refractivity contribution is 0.210. The predicted molar refractivity (Wildman–Crippen MR) is 84.4 cm³/mol. The fourth-order valence-corrected chi connectivity index (χ4v) is 4.96. The quantitative estimate of drug-likeness (QED) is 0.458. The van der Waals surface area contributed by atoms with E-state index in [1.807, 2.05) is 0 Å². The van der Waals surface area contributed by atoms with Crippen molar-refractivity contribution in [1.29, 1.82) is 0 Å². The van der Waals surface area contributed by atoms with Gasteiger partial charge in [0, 0.05) is 29.5 Å². The van der Waals surface area contributed by atoms with E-state index in [1.54, 1.807) is 10.6 Å². The number of unbranched alkanes of at least 4 members (excludes halogenated alkanes) is 3. The molecule has 1 aliphatic heterocycles. The van der Waals surface area contributed by atoms with Crippen LogP contribution in [0.4, 0.5) is 0 Å². The average Bonchev–Trinajstić information content (AvgIpc) is 2.91. The highest BCUT2D eigenvalue weighted by molar-refractivity contribution is 5.60. The van der Waals surface area contributed by atoms with Crippen LogP contribution in [0, 0.1) is 0 Å². The zero-order chi connectivity index (χ0) is 15.5. The molecule has 4 atom stereocenters.